The second kappa shape index (κ2) is 7.76. The predicted octanol–water partition coefficient (Wildman–Crippen LogP) is 3.66. The van der Waals surface area contributed by atoms with Gasteiger partial charge in [0.1, 0.15) is 5.75 Å². The maximum Gasteiger partial charge on any atom is 0.319 e. The monoisotopic (exact) mass is 345 g/mol. The van der Waals surface area contributed by atoms with Gasteiger partial charge in [-0.2, -0.15) is 0 Å². The highest BCUT2D eigenvalue weighted by Crippen LogP contribution is 2.36. The quantitative estimate of drug-likeness (QED) is 0.875. The van der Waals surface area contributed by atoms with Crippen molar-refractivity contribution in [2.75, 3.05) is 16.8 Å². The third-order valence-corrected chi connectivity index (χ3v) is 4.81. The molecule has 1 saturated carbocycles. The van der Waals surface area contributed by atoms with Gasteiger partial charge in [0.05, 0.1) is 5.69 Å². The summed E-state index contributed by atoms with van der Waals surface area (Å²) in [5, 5.41) is 5.92. The lowest BCUT2D eigenvalue weighted by Crippen LogP contribution is -2.44. The van der Waals surface area contributed by atoms with E-state index >= 15 is 0 Å². The largest absolute Gasteiger partial charge is 0.479 e. The molecule has 1 aromatic carbocycles. The van der Waals surface area contributed by atoms with Gasteiger partial charge in [-0.05, 0) is 44.4 Å². The number of anilines is 2. The minimum Gasteiger partial charge on any atom is -0.479 e. The van der Waals surface area contributed by atoms with Crippen molar-refractivity contribution >= 4 is 23.3 Å². The molecule has 0 radical (unpaired) electrons. The lowest BCUT2D eigenvalue weighted by atomic mass is 9.96. The Morgan fingerprint density at radius 1 is 1.28 bits per heavy atom. The molecule has 3 amide bonds. The molecule has 1 unspecified atom stereocenters. The smallest absolute Gasteiger partial charge is 0.319 e. The fraction of sp³-hybridized carbons (Fsp3) is 0.579. The molecule has 25 heavy (non-hydrogen) atoms. The first kappa shape index (κ1) is 17.6. The molecule has 0 aromatic heterocycles. The highest BCUT2D eigenvalue weighted by atomic mass is 16.5. The van der Waals surface area contributed by atoms with Gasteiger partial charge in [-0.15, -0.1) is 0 Å². The normalized spacial score (nSPS) is 20.6. The molecule has 1 aliphatic heterocycles. The molecule has 0 bridgehead atoms. The third kappa shape index (κ3) is 4.06. The molecule has 1 aromatic rings. The average molecular weight is 345 g/mol. The first-order valence-electron chi connectivity index (χ1n) is 9.28. The van der Waals surface area contributed by atoms with Gasteiger partial charge >= 0.3 is 6.03 Å². The molecule has 1 aliphatic carbocycles. The van der Waals surface area contributed by atoms with Crippen LogP contribution >= 0.6 is 0 Å². The number of benzene rings is 1. The molecule has 1 heterocycles. The maximum absolute atomic E-state index is 12.4. The van der Waals surface area contributed by atoms with Crippen LogP contribution in [0, 0.1) is 0 Å². The van der Waals surface area contributed by atoms with Crippen molar-refractivity contribution in [1.29, 1.82) is 0 Å². The van der Waals surface area contributed by atoms with E-state index < -0.39 is 6.10 Å². The van der Waals surface area contributed by atoms with Crippen LogP contribution in [0.25, 0.3) is 0 Å². The number of fused-ring (bicyclic) bond motifs is 1. The Morgan fingerprint density at radius 3 is 2.76 bits per heavy atom. The average Bonchev–Trinajstić information content (AvgIpc) is 2.60. The van der Waals surface area contributed by atoms with Gasteiger partial charge in [0.2, 0.25) is 0 Å². The zero-order valence-electron chi connectivity index (χ0n) is 15.0. The Morgan fingerprint density at radius 2 is 2.04 bits per heavy atom. The number of rotatable bonds is 4. The van der Waals surface area contributed by atoms with E-state index in [0.29, 0.717) is 18.0 Å². The van der Waals surface area contributed by atoms with Crippen molar-refractivity contribution < 1.29 is 14.3 Å². The van der Waals surface area contributed by atoms with Gasteiger partial charge in [0.25, 0.3) is 5.91 Å². The maximum atomic E-state index is 12.4. The molecule has 2 aliphatic rings. The zero-order chi connectivity index (χ0) is 17.8. The Kier molecular flexibility index (Phi) is 5.46. The van der Waals surface area contributed by atoms with Crippen molar-refractivity contribution in [3.8, 4) is 5.75 Å². The van der Waals surface area contributed by atoms with E-state index in [1.807, 2.05) is 25.1 Å². The minimum atomic E-state index is -0.479. The number of carbonyl (C=O) groups excluding carboxylic acids is 2. The molecule has 6 nitrogen and oxygen atoms in total. The number of carbonyl (C=O) groups is 2. The van der Waals surface area contributed by atoms with Crippen LogP contribution in [0.1, 0.15) is 52.4 Å². The van der Waals surface area contributed by atoms with Gasteiger partial charge in [0.15, 0.2) is 6.10 Å². The number of hydrogen-bond acceptors (Lipinski definition) is 3. The summed E-state index contributed by atoms with van der Waals surface area (Å²) in [6.45, 7) is 4.43. The summed E-state index contributed by atoms with van der Waals surface area (Å²) in [4.78, 5) is 26.4. The van der Waals surface area contributed by atoms with Crippen LogP contribution in [0.3, 0.4) is 0 Å². The van der Waals surface area contributed by atoms with E-state index in [0.717, 1.165) is 24.9 Å². The molecule has 136 valence electrons. The second-order valence-corrected chi connectivity index (χ2v) is 6.87. The summed E-state index contributed by atoms with van der Waals surface area (Å²) in [7, 11) is 0. The van der Waals surface area contributed by atoms with Crippen molar-refractivity contribution in [2.24, 2.45) is 0 Å². The molecular formula is C19H27N3O3. The molecule has 1 fully saturated rings. The fourth-order valence-electron chi connectivity index (χ4n) is 3.54. The molecular weight excluding hydrogens is 318 g/mol. The standard InChI is InChI=1S/C19H27N3O3/c1-3-11-22-16-12-15(9-10-17(16)25-13(2)18(22)23)21-19(24)20-14-7-5-4-6-8-14/h9-10,12-14H,3-8,11H2,1-2H3,(H2,20,21,24). The van der Waals surface area contributed by atoms with Crippen molar-refractivity contribution in [3.63, 3.8) is 0 Å². The number of nitrogens with zero attached hydrogens (tertiary/aromatic N) is 1. The van der Waals surface area contributed by atoms with E-state index in [-0.39, 0.29) is 18.0 Å². The molecule has 0 saturated heterocycles. The SMILES string of the molecule is CCCN1C(=O)C(C)Oc2ccc(NC(=O)NC3CCCCC3)cc21. The highest BCUT2D eigenvalue weighted by molar-refractivity contribution is 6.01. The fourth-order valence-corrected chi connectivity index (χ4v) is 3.54. The minimum absolute atomic E-state index is 0.0434. The predicted molar refractivity (Wildman–Crippen MR) is 98.2 cm³/mol. The lowest BCUT2D eigenvalue weighted by Gasteiger charge is -2.33. The number of hydrogen-bond donors (Lipinski definition) is 2. The van der Waals surface area contributed by atoms with Crippen LogP contribution in [-0.4, -0.2) is 30.6 Å². The zero-order valence-corrected chi connectivity index (χ0v) is 15.0. The Hall–Kier alpha value is -2.24. The topological polar surface area (TPSA) is 70.7 Å². The van der Waals surface area contributed by atoms with Crippen LogP contribution in [-0.2, 0) is 4.79 Å². The molecule has 6 heteroatoms. The van der Waals surface area contributed by atoms with E-state index in [1.54, 1.807) is 11.8 Å². The van der Waals surface area contributed by atoms with Crippen LogP contribution in [0.5, 0.6) is 5.75 Å². The lowest BCUT2D eigenvalue weighted by molar-refractivity contribution is -0.125. The first-order valence-corrected chi connectivity index (χ1v) is 9.28. The van der Waals surface area contributed by atoms with E-state index in [9.17, 15) is 9.59 Å². The molecule has 3 rings (SSSR count). The van der Waals surface area contributed by atoms with Gasteiger partial charge in [0, 0.05) is 18.3 Å². The Labute approximate surface area is 148 Å². The van der Waals surface area contributed by atoms with E-state index in [2.05, 4.69) is 10.6 Å². The van der Waals surface area contributed by atoms with Crippen molar-refractivity contribution in [3.05, 3.63) is 18.2 Å². The van der Waals surface area contributed by atoms with Crippen LogP contribution in [0.2, 0.25) is 0 Å². The third-order valence-electron chi connectivity index (χ3n) is 4.81. The number of amides is 3. The molecule has 1 atom stereocenters. The van der Waals surface area contributed by atoms with E-state index in [4.69, 9.17) is 4.74 Å². The highest BCUT2D eigenvalue weighted by Gasteiger charge is 2.31. The summed E-state index contributed by atoms with van der Waals surface area (Å²) in [5.41, 5.74) is 1.39. The van der Waals surface area contributed by atoms with E-state index in [1.165, 1.54) is 19.3 Å². The Balaban J connectivity index is 1.71. The number of nitrogens with one attached hydrogen (secondary N) is 2. The van der Waals surface area contributed by atoms with Gasteiger partial charge in [-0.3, -0.25) is 4.79 Å². The van der Waals surface area contributed by atoms with Gasteiger partial charge in [-0.25, -0.2) is 4.79 Å². The van der Waals surface area contributed by atoms with Gasteiger partial charge in [-0.1, -0.05) is 26.2 Å². The van der Waals surface area contributed by atoms with Crippen LogP contribution < -0.4 is 20.3 Å². The summed E-state index contributed by atoms with van der Waals surface area (Å²) in [6, 6.07) is 5.51. The Bertz CT molecular complexity index is 641. The summed E-state index contributed by atoms with van der Waals surface area (Å²) >= 11 is 0. The van der Waals surface area contributed by atoms with Gasteiger partial charge < -0.3 is 20.3 Å². The summed E-state index contributed by atoms with van der Waals surface area (Å²) < 4.78 is 5.68. The summed E-state index contributed by atoms with van der Waals surface area (Å²) in [5.74, 6) is 0.636. The van der Waals surface area contributed by atoms with Crippen LogP contribution in [0.15, 0.2) is 18.2 Å². The summed E-state index contributed by atoms with van der Waals surface area (Å²) in [6.07, 6.45) is 6.07. The molecule has 2 N–H and O–H groups in total. The number of urea groups is 1. The van der Waals surface area contributed by atoms with Crippen molar-refractivity contribution in [1.82, 2.24) is 5.32 Å². The first-order chi connectivity index (χ1) is 12.1. The second-order valence-electron chi connectivity index (χ2n) is 6.87. The molecule has 0 spiro atoms. The van der Waals surface area contributed by atoms with Crippen LogP contribution in [0.4, 0.5) is 16.2 Å². The number of ether oxygens (including phenoxy) is 1. The van der Waals surface area contributed by atoms with Crippen molar-refractivity contribution in [2.45, 2.75) is 64.5 Å².